The summed E-state index contributed by atoms with van der Waals surface area (Å²) in [4.78, 5) is 0. The molecule has 4 nitrogen and oxygen atoms in total. The molecule has 0 amide bonds. The summed E-state index contributed by atoms with van der Waals surface area (Å²) in [6, 6.07) is 0. The molecule has 0 aromatic rings. The maximum absolute atomic E-state index is 8.74. The molecule has 42 valence electrons. The Morgan fingerprint density at radius 3 is 1.00 bits per heavy atom. The summed E-state index contributed by atoms with van der Waals surface area (Å²) in [5, 5.41) is 0. The second-order valence-corrected chi connectivity index (χ2v) is 1.34. The summed E-state index contributed by atoms with van der Waals surface area (Å²) >= 11 is 0. The zero-order chi connectivity index (χ0) is 4.50. The van der Waals surface area contributed by atoms with Crippen molar-refractivity contribution >= 4 is 86.9 Å². The molecule has 0 fully saturated rings. The van der Waals surface area contributed by atoms with E-state index in [1.54, 1.807) is 0 Å². The molecular weight excluding hydrogens is 169 g/mol. The van der Waals surface area contributed by atoms with E-state index in [2.05, 4.69) is 0 Å². The first-order valence-corrected chi connectivity index (χ1v) is 2.10. The van der Waals surface area contributed by atoms with Crippen molar-refractivity contribution in [3.63, 3.8) is 0 Å². The molecule has 0 bridgehead atoms. The van der Waals surface area contributed by atoms with Gasteiger partial charge in [-0.1, -0.05) is 0 Å². The van der Waals surface area contributed by atoms with Gasteiger partial charge in [0.05, 0.1) is 0 Å². The summed E-state index contributed by atoms with van der Waals surface area (Å²) < 4.78 is 31.6. The Morgan fingerprint density at radius 2 is 1.00 bits per heavy atom. The molecule has 0 unspecified atom stereocenters. The van der Waals surface area contributed by atoms with Crippen LogP contribution in [0, 0.1) is 0 Å². The topological polar surface area (TPSA) is 74.6 Å². The molecule has 8 heteroatoms. The van der Waals surface area contributed by atoms with Crippen LogP contribution in [0.1, 0.15) is 0 Å². The van der Waals surface area contributed by atoms with E-state index >= 15 is 0 Å². The fourth-order valence-electron chi connectivity index (χ4n) is 0. The van der Waals surface area contributed by atoms with Crippen LogP contribution in [0.15, 0.2) is 0 Å². The van der Waals surface area contributed by atoms with Gasteiger partial charge in [-0.05, 0) is 0 Å². The Labute approximate surface area is 103 Å². The number of rotatable bonds is 0. The van der Waals surface area contributed by atoms with Crippen LogP contribution in [-0.4, -0.2) is 94.0 Å². The molecule has 0 aliphatic carbocycles. The van der Waals surface area contributed by atoms with E-state index in [-0.39, 0.29) is 76.5 Å². The van der Waals surface area contributed by atoms with E-state index in [4.69, 9.17) is 17.5 Å². The van der Waals surface area contributed by atoms with Crippen molar-refractivity contribution in [2.75, 3.05) is 0 Å². The molecule has 0 aromatic carbocycles. The van der Waals surface area contributed by atoms with Crippen LogP contribution in [0.5, 0.6) is 0 Å². The first-order chi connectivity index (χ1) is 2.00. The third-order valence-corrected chi connectivity index (χ3v) is 0. The van der Waals surface area contributed by atoms with E-state index in [0.717, 1.165) is 0 Å². The zero-order valence-corrected chi connectivity index (χ0v) is 2.94. The SMILES string of the molecule is O=S(=O)(O)O.[AlH3].[NaH].[NaH]. The van der Waals surface area contributed by atoms with Crippen LogP contribution in [0.2, 0.25) is 0 Å². The van der Waals surface area contributed by atoms with Gasteiger partial charge in [0.25, 0.3) is 0 Å². The average molecular weight is 176 g/mol. The first-order valence-electron chi connectivity index (χ1n) is 0.698. The summed E-state index contributed by atoms with van der Waals surface area (Å²) in [7, 11) is -4.67. The molecule has 0 heterocycles. The van der Waals surface area contributed by atoms with Crippen molar-refractivity contribution in [1.29, 1.82) is 0 Å². The molecule has 0 aromatic heterocycles. The Bertz CT molecular complexity index is 97.2. The molecule has 0 aliphatic rings. The van der Waals surface area contributed by atoms with Gasteiger partial charge in [0.2, 0.25) is 0 Å². The summed E-state index contributed by atoms with van der Waals surface area (Å²) in [5.74, 6) is 0. The summed E-state index contributed by atoms with van der Waals surface area (Å²) in [6.07, 6.45) is 0. The van der Waals surface area contributed by atoms with Crippen LogP contribution < -0.4 is 0 Å². The number of hydrogen-bond acceptors (Lipinski definition) is 2. The summed E-state index contributed by atoms with van der Waals surface area (Å²) in [6.45, 7) is 0. The van der Waals surface area contributed by atoms with Crippen LogP contribution in [0.25, 0.3) is 0 Å². The minimum atomic E-state index is -4.67. The van der Waals surface area contributed by atoms with Crippen LogP contribution in [0.3, 0.4) is 0 Å². The molecule has 8 heavy (non-hydrogen) atoms. The van der Waals surface area contributed by atoms with Gasteiger partial charge in [0.1, 0.15) is 0 Å². The molecule has 0 saturated heterocycles. The fourth-order valence-corrected chi connectivity index (χ4v) is 0. The molecular formula is H7AlNa2O4S. The van der Waals surface area contributed by atoms with Gasteiger partial charge in [-0.3, -0.25) is 9.11 Å². The van der Waals surface area contributed by atoms with Crippen LogP contribution in [-0.2, 0) is 10.4 Å². The van der Waals surface area contributed by atoms with E-state index in [1.165, 1.54) is 0 Å². The third-order valence-electron chi connectivity index (χ3n) is 0. The van der Waals surface area contributed by atoms with Gasteiger partial charge >= 0.3 is 69.5 Å². The van der Waals surface area contributed by atoms with Gasteiger partial charge in [-0.25, -0.2) is 0 Å². The maximum atomic E-state index is 8.74. The van der Waals surface area contributed by atoms with E-state index < -0.39 is 10.4 Å². The van der Waals surface area contributed by atoms with E-state index in [0.29, 0.717) is 0 Å². The van der Waals surface area contributed by atoms with Crippen molar-refractivity contribution in [3.05, 3.63) is 0 Å². The molecule has 0 rings (SSSR count). The Kier molecular flexibility index (Phi) is 26.4. The molecule has 0 radical (unpaired) electrons. The van der Waals surface area contributed by atoms with Crippen molar-refractivity contribution in [2.45, 2.75) is 0 Å². The van der Waals surface area contributed by atoms with Gasteiger partial charge in [-0.2, -0.15) is 8.42 Å². The fraction of sp³-hybridized carbons (Fsp3) is 0. The van der Waals surface area contributed by atoms with Gasteiger partial charge in [0.15, 0.2) is 17.4 Å². The van der Waals surface area contributed by atoms with E-state index in [9.17, 15) is 0 Å². The van der Waals surface area contributed by atoms with Crippen molar-refractivity contribution < 1.29 is 17.5 Å². The van der Waals surface area contributed by atoms with E-state index in [1.807, 2.05) is 0 Å². The predicted molar refractivity (Wildman–Crippen MR) is 38.4 cm³/mol. The van der Waals surface area contributed by atoms with Crippen molar-refractivity contribution in [1.82, 2.24) is 0 Å². The van der Waals surface area contributed by atoms with Crippen molar-refractivity contribution in [3.8, 4) is 0 Å². The first kappa shape index (κ1) is 22.4. The quantitative estimate of drug-likeness (QED) is 0.302. The Balaban J connectivity index is -0.0000000267. The van der Waals surface area contributed by atoms with Gasteiger partial charge in [0, 0.05) is 0 Å². The molecule has 0 saturated carbocycles. The van der Waals surface area contributed by atoms with Crippen molar-refractivity contribution in [2.24, 2.45) is 0 Å². The second-order valence-electron chi connectivity index (χ2n) is 0.448. The minimum absolute atomic E-state index is 0. The normalized spacial score (nSPS) is 7.25. The standard InChI is InChI=1S/Al.2Na.H2O4S.5H/c;;;1-5(2,3)4;;;;;/h;;;(H2,1,2,3,4);;;;;. The molecule has 0 spiro atoms. The molecule has 2 N–H and O–H groups in total. The third kappa shape index (κ3) is 79.8. The average Bonchev–Trinajstić information content (AvgIpc) is 0.722. The number of hydrogen-bond donors (Lipinski definition) is 2. The monoisotopic (exact) mass is 176 g/mol. The van der Waals surface area contributed by atoms with Crippen LogP contribution in [0.4, 0.5) is 0 Å². The zero-order valence-electron chi connectivity index (χ0n) is 2.12. The second kappa shape index (κ2) is 9.40. The molecule has 0 aliphatic heterocycles. The van der Waals surface area contributed by atoms with Crippen LogP contribution >= 0.6 is 0 Å². The molecule has 0 atom stereocenters. The predicted octanol–water partition coefficient (Wildman–Crippen LogP) is -3.13. The Morgan fingerprint density at radius 1 is 1.00 bits per heavy atom. The van der Waals surface area contributed by atoms with Gasteiger partial charge < -0.3 is 0 Å². The summed E-state index contributed by atoms with van der Waals surface area (Å²) in [5.41, 5.74) is 0. The van der Waals surface area contributed by atoms with Gasteiger partial charge in [-0.15, -0.1) is 0 Å². The Hall–Kier alpha value is 2.40.